The van der Waals surface area contributed by atoms with Gasteiger partial charge in [0.1, 0.15) is 5.75 Å². The first-order valence-electron chi connectivity index (χ1n) is 7.34. The third-order valence-electron chi connectivity index (χ3n) is 3.49. The number of carbonyl (C=O) groups is 1. The molecule has 0 aliphatic carbocycles. The van der Waals surface area contributed by atoms with Crippen molar-refractivity contribution in [3.8, 4) is 5.75 Å². The van der Waals surface area contributed by atoms with E-state index in [0.29, 0.717) is 12.1 Å². The molecule has 122 valence electrons. The minimum absolute atomic E-state index is 0.0982. The van der Waals surface area contributed by atoms with Crippen molar-refractivity contribution < 1.29 is 9.90 Å². The fraction of sp³-hybridized carbons (Fsp3) is 0.118. The molecule has 0 atom stereocenters. The predicted molar refractivity (Wildman–Crippen MR) is 95.9 cm³/mol. The smallest absolute Gasteiger partial charge is 0.241 e. The van der Waals surface area contributed by atoms with Gasteiger partial charge in [0.05, 0.1) is 23.6 Å². The number of halogens is 1. The van der Waals surface area contributed by atoms with Crippen molar-refractivity contribution in [3.63, 3.8) is 0 Å². The van der Waals surface area contributed by atoms with Crippen LogP contribution in [0.5, 0.6) is 5.75 Å². The van der Waals surface area contributed by atoms with Gasteiger partial charge in [-0.2, -0.15) is 5.10 Å². The van der Waals surface area contributed by atoms with Gasteiger partial charge in [-0.3, -0.25) is 4.79 Å². The number of imidazole rings is 1. The molecule has 0 radical (unpaired) electrons. The van der Waals surface area contributed by atoms with E-state index in [1.54, 1.807) is 24.5 Å². The number of phenols is 1. The second-order valence-electron chi connectivity index (χ2n) is 5.17. The van der Waals surface area contributed by atoms with Gasteiger partial charge in [-0.15, -0.1) is 0 Å². The van der Waals surface area contributed by atoms with Gasteiger partial charge in [0, 0.05) is 23.0 Å². The molecular formula is C17H15BrN4O2. The van der Waals surface area contributed by atoms with Crippen LogP contribution in [0.1, 0.15) is 12.0 Å². The number of nitrogens with one attached hydrogen (secondary N) is 1. The second-order valence-corrected chi connectivity index (χ2v) is 6.09. The van der Waals surface area contributed by atoms with Crippen LogP contribution >= 0.6 is 15.9 Å². The van der Waals surface area contributed by atoms with Gasteiger partial charge in [-0.25, -0.2) is 10.4 Å². The minimum atomic E-state index is -0.210. The number of aromatic nitrogens is 2. The molecule has 0 saturated heterocycles. The summed E-state index contributed by atoms with van der Waals surface area (Å²) in [6, 6.07) is 12.8. The fourth-order valence-corrected chi connectivity index (χ4v) is 2.65. The lowest BCUT2D eigenvalue weighted by Gasteiger charge is -2.03. The molecule has 1 amide bonds. The maximum absolute atomic E-state index is 11.9. The van der Waals surface area contributed by atoms with E-state index >= 15 is 0 Å². The summed E-state index contributed by atoms with van der Waals surface area (Å²) in [5.41, 5.74) is 4.87. The summed E-state index contributed by atoms with van der Waals surface area (Å²) in [5, 5.41) is 13.6. The zero-order valence-electron chi connectivity index (χ0n) is 12.7. The van der Waals surface area contributed by atoms with Crippen LogP contribution in [0.3, 0.4) is 0 Å². The number of nitrogens with zero attached hydrogens (tertiary/aromatic N) is 3. The molecule has 7 heteroatoms. The van der Waals surface area contributed by atoms with Gasteiger partial charge in [0.25, 0.3) is 0 Å². The Kier molecular flexibility index (Phi) is 4.90. The van der Waals surface area contributed by atoms with E-state index in [1.807, 2.05) is 28.8 Å². The van der Waals surface area contributed by atoms with E-state index in [9.17, 15) is 9.90 Å². The monoisotopic (exact) mass is 386 g/mol. The number of amides is 1. The molecule has 2 aromatic carbocycles. The highest BCUT2D eigenvalue weighted by molar-refractivity contribution is 9.10. The average Bonchev–Trinajstić information content (AvgIpc) is 2.99. The van der Waals surface area contributed by atoms with Crippen LogP contribution in [0.4, 0.5) is 0 Å². The second kappa shape index (κ2) is 7.27. The van der Waals surface area contributed by atoms with Crippen molar-refractivity contribution in [2.45, 2.75) is 13.0 Å². The summed E-state index contributed by atoms with van der Waals surface area (Å²) in [4.78, 5) is 16.2. The molecule has 0 fully saturated rings. The highest BCUT2D eigenvalue weighted by Crippen LogP contribution is 2.19. The lowest BCUT2D eigenvalue weighted by atomic mass is 10.2. The van der Waals surface area contributed by atoms with Gasteiger partial charge in [0.2, 0.25) is 5.91 Å². The first kappa shape index (κ1) is 16.2. The number of para-hydroxylation sites is 2. The summed E-state index contributed by atoms with van der Waals surface area (Å²) < 4.78 is 2.75. The van der Waals surface area contributed by atoms with Gasteiger partial charge >= 0.3 is 0 Å². The Morgan fingerprint density at radius 1 is 1.33 bits per heavy atom. The van der Waals surface area contributed by atoms with Crippen LogP contribution in [-0.2, 0) is 11.3 Å². The molecule has 0 aliphatic rings. The third-order valence-corrected chi connectivity index (χ3v) is 3.98. The summed E-state index contributed by atoms with van der Waals surface area (Å²) in [6.45, 7) is 0.518. The molecule has 0 saturated carbocycles. The number of hydrazone groups is 1. The highest BCUT2D eigenvalue weighted by atomic mass is 79.9. The van der Waals surface area contributed by atoms with Crippen LogP contribution in [0.25, 0.3) is 11.0 Å². The van der Waals surface area contributed by atoms with Crippen molar-refractivity contribution in [1.82, 2.24) is 15.0 Å². The molecule has 1 aromatic heterocycles. The average molecular weight is 387 g/mol. The van der Waals surface area contributed by atoms with E-state index in [1.165, 1.54) is 6.21 Å². The Bertz CT molecular complexity index is 904. The largest absolute Gasteiger partial charge is 0.507 e. The molecule has 1 heterocycles. The number of hydrogen-bond donors (Lipinski definition) is 2. The van der Waals surface area contributed by atoms with Gasteiger partial charge in [-0.05, 0) is 30.3 Å². The third kappa shape index (κ3) is 3.80. The maximum atomic E-state index is 11.9. The van der Waals surface area contributed by atoms with E-state index < -0.39 is 0 Å². The van der Waals surface area contributed by atoms with E-state index in [0.717, 1.165) is 15.5 Å². The van der Waals surface area contributed by atoms with Gasteiger partial charge < -0.3 is 9.67 Å². The summed E-state index contributed by atoms with van der Waals surface area (Å²) >= 11 is 3.31. The standard InChI is InChI=1S/C17H15BrN4O2/c18-13-5-6-16(23)12(9-13)10-20-21-17(24)7-8-22-11-19-14-3-1-2-4-15(14)22/h1-6,9-11,23H,7-8H2,(H,21,24)/b20-10+. The molecule has 6 nitrogen and oxygen atoms in total. The molecule has 0 aliphatic heterocycles. The molecular weight excluding hydrogens is 372 g/mol. The normalized spacial score (nSPS) is 11.2. The number of phenolic OH excluding ortho intramolecular Hbond substituents is 1. The zero-order valence-corrected chi connectivity index (χ0v) is 14.3. The number of fused-ring (bicyclic) bond motifs is 1. The summed E-state index contributed by atoms with van der Waals surface area (Å²) in [7, 11) is 0. The quantitative estimate of drug-likeness (QED) is 0.522. The Balaban J connectivity index is 1.56. The number of carbonyl (C=O) groups excluding carboxylic acids is 1. The van der Waals surface area contributed by atoms with Crippen molar-refractivity contribution in [3.05, 3.63) is 58.8 Å². The van der Waals surface area contributed by atoms with Crippen molar-refractivity contribution >= 4 is 39.1 Å². The molecule has 2 N–H and O–H groups in total. The molecule has 3 rings (SSSR count). The Morgan fingerprint density at radius 2 is 2.17 bits per heavy atom. The minimum Gasteiger partial charge on any atom is -0.507 e. The lowest BCUT2D eigenvalue weighted by molar-refractivity contribution is -0.121. The first-order valence-corrected chi connectivity index (χ1v) is 8.13. The highest BCUT2D eigenvalue weighted by Gasteiger charge is 2.05. The van der Waals surface area contributed by atoms with Crippen LogP contribution in [0.15, 0.2) is 58.4 Å². The topological polar surface area (TPSA) is 79.5 Å². The molecule has 3 aromatic rings. The van der Waals surface area contributed by atoms with Crippen molar-refractivity contribution in [1.29, 1.82) is 0 Å². The Hall–Kier alpha value is -2.67. The van der Waals surface area contributed by atoms with Crippen LogP contribution < -0.4 is 5.43 Å². The number of benzene rings is 2. The van der Waals surface area contributed by atoms with Gasteiger partial charge in [-0.1, -0.05) is 28.1 Å². The molecule has 0 bridgehead atoms. The zero-order chi connectivity index (χ0) is 16.9. The van der Waals surface area contributed by atoms with E-state index in [2.05, 4.69) is 31.4 Å². The molecule has 0 spiro atoms. The summed E-state index contributed by atoms with van der Waals surface area (Å²) in [5.74, 6) is -0.111. The summed E-state index contributed by atoms with van der Waals surface area (Å²) in [6.07, 6.45) is 3.41. The lowest BCUT2D eigenvalue weighted by Crippen LogP contribution is -2.19. The van der Waals surface area contributed by atoms with E-state index in [-0.39, 0.29) is 18.1 Å². The van der Waals surface area contributed by atoms with Gasteiger partial charge in [0.15, 0.2) is 0 Å². The number of aryl methyl sites for hydroxylation is 1. The van der Waals surface area contributed by atoms with Crippen molar-refractivity contribution in [2.24, 2.45) is 5.10 Å². The fourth-order valence-electron chi connectivity index (χ4n) is 2.27. The number of rotatable bonds is 5. The Morgan fingerprint density at radius 3 is 3.04 bits per heavy atom. The molecule has 24 heavy (non-hydrogen) atoms. The van der Waals surface area contributed by atoms with Crippen molar-refractivity contribution in [2.75, 3.05) is 0 Å². The maximum Gasteiger partial charge on any atom is 0.241 e. The Labute approximate surface area is 147 Å². The molecule has 0 unspecified atom stereocenters. The van der Waals surface area contributed by atoms with Crippen LogP contribution in [-0.4, -0.2) is 26.8 Å². The van der Waals surface area contributed by atoms with E-state index in [4.69, 9.17) is 0 Å². The van der Waals surface area contributed by atoms with Crippen LogP contribution in [0.2, 0.25) is 0 Å². The predicted octanol–water partition coefficient (Wildman–Crippen LogP) is 3.04. The number of hydrogen-bond acceptors (Lipinski definition) is 4. The SMILES string of the molecule is O=C(CCn1cnc2ccccc21)N/N=C/c1cc(Br)ccc1O. The first-order chi connectivity index (χ1) is 11.6. The number of aromatic hydroxyl groups is 1. The van der Waals surface area contributed by atoms with Crippen LogP contribution in [0, 0.1) is 0 Å².